The van der Waals surface area contributed by atoms with Gasteiger partial charge in [-0.05, 0) is 24.2 Å². The van der Waals surface area contributed by atoms with E-state index in [1.54, 1.807) is 0 Å². The first-order valence-corrected chi connectivity index (χ1v) is 3.54. The third kappa shape index (κ3) is 1.45. The highest BCUT2D eigenvalue weighted by molar-refractivity contribution is 4.93. The maximum absolute atomic E-state index is 8.43. The summed E-state index contributed by atoms with van der Waals surface area (Å²) in [5, 5.41) is 8.43. The molecule has 1 nitrogen and oxygen atoms in total. The van der Waals surface area contributed by atoms with E-state index >= 15 is 0 Å². The van der Waals surface area contributed by atoms with E-state index in [0.717, 1.165) is 12.3 Å². The summed E-state index contributed by atoms with van der Waals surface area (Å²) in [4.78, 5) is 0. The lowest BCUT2D eigenvalue weighted by molar-refractivity contribution is 0.318. The van der Waals surface area contributed by atoms with Gasteiger partial charge in [-0.3, -0.25) is 0 Å². The Labute approximate surface area is 56.7 Å². The zero-order chi connectivity index (χ0) is 6.91. The molecule has 0 heterocycles. The largest absolute Gasteiger partial charge is 0.198 e. The maximum atomic E-state index is 8.43. The van der Waals surface area contributed by atoms with Gasteiger partial charge in [0.25, 0.3) is 0 Å². The van der Waals surface area contributed by atoms with Crippen molar-refractivity contribution in [1.82, 2.24) is 0 Å². The zero-order valence-electron chi connectivity index (χ0n) is 6.15. The van der Waals surface area contributed by atoms with E-state index in [9.17, 15) is 0 Å². The molecule has 1 aliphatic rings. The maximum Gasteiger partial charge on any atom is 0.0627 e. The van der Waals surface area contributed by atoms with Crippen molar-refractivity contribution in [2.45, 2.75) is 33.1 Å². The molecule has 0 amide bonds. The molecular weight excluding hydrogens is 110 g/mol. The van der Waals surface area contributed by atoms with E-state index in [1.807, 2.05) is 0 Å². The summed E-state index contributed by atoms with van der Waals surface area (Å²) in [7, 11) is 0. The highest BCUT2D eigenvalue weighted by Gasteiger charge is 2.37. The van der Waals surface area contributed by atoms with Crippen LogP contribution in [0.2, 0.25) is 0 Å². The summed E-state index contributed by atoms with van der Waals surface area (Å²) in [5.41, 5.74) is 0.300. The van der Waals surface area contributed by atoms with E-state index in [2.05, 4.69) is 19.9 Å². The average Bonchev–Trinajstić information content (AvgIpc) is 2.41. The van der Waals surface area contributed by atoms with Crippen molar-refractivity contribution in [3.05, 3.63) is 0 Å². The number of hydrogen-bond acceptors (Lipinski definition) is 1. The Morgan fingerprint density at radius 1 is 1.56 bits per heavy atom. The zero-order valence-corrected chi connectivity index (χ0v) is 6.15. The molecule has 0 spiro atoms. The van der Waals surface area contributed by atoms with Crippen molar-refractivity contribution in [2.24, 2.45) is 11.3 Å². The van der Waals surface area contributed by atoms with Gasteiger partial charge in [0.1, 0.15) is 0 Å². The van der Waals surface area contributed by atoms with E-state index in [4.69, 9.17) is 5.26 Å². The smallest absolute Gasteiger partial charge is 0.0627 e. The Kier molecular flexibility index (Phi) is 1.48. The summed E-state index contributed by atoms with van der Waals surface area (Å²) in [6.07, 6.45) is 3.40. The second kappa shape index (κ2) is 2.02. The molecule has 50 valence electrons. The Bertz CT molecular complexity index is 137. The number of nitriles is 1. The average molecular weight is 123 g/mol. The predicted octanol–water partition coefficient (Wildman–Crippen LogP) is 2.34. The topological polar surface area (TPSA) is 23.8 Å². The van der Waals surface area contributed by atoms with E-state index in [0.29, 0.717) is 5.41 Å². The molecule has 0 saturated heterocycles. The molecule has 1 fully saturated rings. The fourth-order valence-electron chi connectivity index (χ4n) is 1.21. The molecule has 0 aromatic heterocycles. The molecule has 1 heteroatoms. The Balaban J connectivity index is 2.41. The van der Waals surface area contributed by atoms with Gasteiger partial charge in [-0.15, -0.1) is 0 Å². The summed E-state index contributed by atoms with van der Waals surface area (Å²) in [5.74, 6) is 0.845. The Hall–Kier alpha value is -0.510. The quantitative estimate of drug-likeness (QED) is 0.553. The molecule has 0 atom stereocenters. The fraction of sp³-hybridized carbons (Fsp3) is 0.875. The van der Waals surface area contributed by atoms with Gasteiger partial charge in [-0.1, -0.05) is 13.8 Å². The second-order valence-corrected chi connectivity index (χ2v) is 3.60. The summed E-state index contributed by atoms with van der Waals surface area (Å²) >= 11 is 0. The van der Waals surface area contributed by atoms with Gasteiger partial charge in [-0.2, -0.15) is 5.26 Å². The second-order valence-electron chi connectivity index (χ2n) is 3.60. The normalized spacial score (nSPS) is 19.2. The summed E-state index contributed by atoms with van der Waals surface area (Å²) in [6, 6.07) is 2.23. The fourth-order valence-corrected chi connectivity index (χ4v) is 1.21. The third-order valence-corrected chi connectivity index (χ3v) is 2.22. The van der Waals surface area contributed by atoms with Crippen LogP contribution in [0.3, 0.4) is 0 Å². The van der Waals surface area contributed by atoms with Crippen molar-refractivity contribution in [3.63, 3.8) is 0 Å². The van der Waals surface area contributed by atoms with E-state index in [1.165, 1.54) is 12.8 Å². The van der Waals surface area contributed by atoms with Crippen molar-refractivity contribution in [1.29, 1.82) is 5.26 Å². The molecule has 0 aromatic rings. The molecule has 0 aliphatic heterocycles. The number of rotatable bonds is 2. The Morgan fingerprint density at radius 2 is 2.11 bits per heavy atom. The first kappa shape index (κ1) is 6.61. The lowest BCUT2D eigenvalue weighted by atomic mass is 9.85. The van der Waals surface area contributed by atoms with E-state index in [-0.39, 0.29) is 0 Å². The monoisotopic (exact) mass is 123 g/mol. The van der Waals surface area contributed by atoms with Gasteiger partial charge in [0.2, 0.25) is 0 Å². The van der Waals surface area contributed by atoms with Gasteiger partial charge in [0, 0.05) is 6.42 Å². The van der Waals surface area contributed by atoms with Gasteiger partial charge in [0.15, 0.2) is 0 Å². The lowest BCUT2D eigenvalue weighted by Gasteiger charge is -2.19. The highest BCUT2D eigenvalue weighted by Crippen LogP contribution is 2.46. The SMILES string of the molecule is CC(C)(CC#N)C1CC1. The number of nitrogens with zero attached hydrogens (tertiary/aromatic N) is 1. The first-order valence-electron chi connectivity index (χ1n) is 3.54. The van der Waals surface area contributed by atoms with Crippen LogP contribution in [0.1, 0.15) is 33.1 Å². The van der Waals surface area contributed by atoms with Crippen molar-refractivity contribution in [2.75, 3.05) is 0 Å². The van der Waals surface area contributed by atoms with Crippen molar-refractivity contribution >= 4 is 0 Å². The van der Waals surface area contributed by atoms with Crippen LogP contribution in [0.4, 0.5) is 0 Å². The van der Waals surface area contributed by atoms with Crippen molar-refractivity contribution in [3.8, 4) is 6.07 Å². The molecule has 0 unspecified atom stereocenters. The molecule has 9 heavy (non-hydrogen) atoms. The third-order valence-electron chi connectivity index (χ3n) is 2.22. The van der Waals surface area contributed by atoms with Crippen LogP contribution in [0.25, 0.3) is 0 Å². The van der Waals surface area contributed by atoms with Crippen LogP contribution in [0.5, 0.6) is 0 Å². The van der Waals surface area contributed by atoms with Gasteiger partial charge >= 0.3 is 0 Å². The van der Waals surface area contributed by atoms with Crippen LogP contribution in [-0.4, -0.2) is 0 Å². The molecule has 1 saturated carbocycles. The molecule has 1 aliphatic carbocycles. The standard InChI is InChI=1S/C8H13N/c1-8(2,5-6-9)7-3-4-7/h7H,3-5H2,1-2H3. The van der Waals surface area contributed by atoms with Crippen LogP contribution < -0.4 is 0 Å². The van der Waals surface area contributed by atoms with E-state index < -0.39 is 0 Å². The van der Waals surface area contributed by atoms with Crippen LogP contribution in [0.15, 0.2) is 0 Å². The van der Waals surface area contributed by atoms with Gasteiger partial charge in [0.05, 0.1) is 6.07 Å². The highest BCUT2D eigenvalue weighted by atomic mass is 14.4. The molecule has 0 aromatic carbocycles. The van der Waals surface area contributed by atoms with Crippen LogP contribution >= 0.6 is 0 Å². The van der Waals surface area contributed by atoms with Crippen molar-refractivity contribution < 1.29 is 0 Å². The minimum atomic E-state index is 0.300. The Morgan fingerprint density at radius 3 is 2.44 bits per heavy atom. The molecular formula is C8H13N. The molecule has 1 rings (SSSR count). The lowest BCUT2D eigenvalue weighted by Crippen LogP contribution is -2.12. The summed E-state index contributed by atoms with van der Waals surface area (Å²) < 4.78 is 0. The summed E-state index contributed by atoms with van der Waals surface area (Å²) in [6.45, 7) is 4.38. The molecule has 0 N–H and O–H groups in total. The first-order chi connectivity index (χ1) is 4.17. The minimum Gasteiger partial charge on any atom is -0.198 e. The predicted molar refractivity (Wildman–Crippen MR) is 36.7 cm³/mol. The number of hydrogen-bond donors (Lipinski definition) is 0. The van der Waals surface area contributed by atoms with Crippen LogP contribution in [-0.2, 0) is 0 Å². The van der Waals surface area contributed by atoms with Gasteiger partial charge in [-0.25, -0.2) is 0 Å². The molecule has 0 bridgehead atoms. The van der Waals surface area contributed by atoms with Crippen LogP contribution in [0, 0.1) is 22.7 Å². The molecule has 0 radical (unpaired) electrons. The van der Waals surface area contributed by atoms with Gasteiger partial charge < -0.3 is 0 Å². The minimum absolute atomic E-state index is 0.300.